The fourth-order valence-electron chi connectivity index (χ4n) is 2.04. The molecule has 2 heterocycles. The van der Waals surface area contributed by atoms with Gasteiger partial charge in [-0.25, -0.2) is 0 Å². The van der Waals surface area contributed by atoms with Crippen molar-refractivity contribution in [2.45, 2.75) is 46.0 Å². The third-order valence-corrected chi connectivity index (χ3v) is 2.94. The third kappa shape index (κ3) is 1.38. The summed E-state index contributed by atoms with van der Waals surface area (Å²) in [5.74, 6) is 0.675. The molecule has 2 heteroatoms. The second-order valence-corrected chi connectivity index (χ2v) is 5.01. The molecule has 0 aliphatic carbocycles. The predicted octanol–water partition coefficient (Wildman–Crippen LogP) is 2.18. The van der Waals surface area contributed by atoms with E-state index in [1.807, 2.05) is 0 Å². The largest absolute Gasteiger partial charge is 0.352 e. The monoisotopic (exact) mass is 170 g/mol. The van der Waals surface area contributed by atoms with Gasteiger partial charge in [0.2, 0.25) is 0 Å². The van der Waals surface area contributed by atoms with E-state index in [2.05, 4.69) is 20.8 Å². The molecular formula is C10H18O2. The zero-order valence-corrected chi connectivity index (χ0v) is 8.17. The van der Waals surface area contributed by atoms with Crippen molar-refractivity contribution in [1.82, 2.24) is 0 Å². The van der Waals surface area contributed by atoms with Crippen LogP contribution in [-0.4, -0.2) is 19.0 Å². The minimum atomic E-state index is 0.120. The lowest BCUT2D eigenvalue weighted by Gasteiger charge is -2.26. The van der Waals surface area contributed by atoms with Gasteiger partial charge in [-0.3, -0.25) is 0 Å². The van der Waals surface area contributed by atoms with E-state index < -0.39 is 0 Å². The van der Waals surface area contributed by atoms with Crippen molar-refractivity contribution in [1.29, 1.82) is 0 Å². The molecule has 0 saturated carbocycles. The smallest absolute Gasteiger partial charge is 0.160 e. The Morgan fingerprint density at radius 2 is 2.00 bits per heavy atom. The number of rotatable bonds is 0. The number of ether oxygens (including phenoxy) is 2. The van der Waals surface area contributed by atoms with Crippen LogP contribution in [0.25, 0.3) is 0 Å². The summed E-state index contributed by atoms with van der Waals surface area (Å²) in [4.78, 5) is 0. The maximum Gasteiger partial charge on any atom is 0.160 e. The molecule has 2 rings (SSSR count). The molecule has 2 aliphatic rings. The molecule has 2 unspecified atom stereocenters. The molecule has 2 saturated heterocycles. The van der Waals surface area contributed by atoms with Crippen molar-refractivity contribution in [2.75, 3.05) is 6.61 Å². The van der Waals surface area contributed by atoms with Crippen molar-refractivity contribution in [3.63, 3.8) is 0 Å². The standard InChI is InChI=1S/C10H18O2/c1-10(2,3)8-6-7-4-5-11-9(7)12-8/h7-9H,4-6H2,1-3H3/t7?,8-,9?/m1/s1. The van der Waals surface area contributed by atoms with Crippen molar-refractivity contribution in [3.05, 3.63) is 0 Å². The van der Waals surface area contributed by atoms with Crippen molar-refractivity contribution < 1.29 is 9.47 Å². The lowest BCUT2D eigenvalue weighted by Crippen LogP contribution is -2.27. The molecule has 2 fully saturated rings. The van der Waals surface area contributed by atoms with E-state index in [0.29, 0.717) is 12.0 Å². The summed E-state index contributed by atoms with van der Waals surface area (Å²) < 4.78 is 11.3. The van der Waals surface area contributed by atoms with Crippen molar-refractivity contribution in [3.8, 4) is 0 Å². The van der Waals surface area contributed by atoms with Crippen LogP contribution in [-0.2, 0) is 9.47 Å². The highest BCUT2D eigenvalue weighted by Crippen LogP contribution is 2.41. The van der Waals surface area contributed by atoms with Crippen LogP contribution in [0.2, 0.25) is 0 Å². The minimum Gasteiger partial charge on any atom is -0.352 e. The van der Waals surface area contributed by atoms with Crippen LogP contribution in [0.15, 0.2) is 0 Å². The van der Waals surface area contributed by atoms with Gasteiger partial charge in [0.25, 0.3) is 0 Å². The SMILES string of the molecule is CC(C)(C)[C@H]1CC2CCOC2O1. The highest BCUT2D eigenvalue weighted by Gasteiger charge is 2.43. The first-order valence-electron chi connectivity index (χ1n) is 4.84. The Morgan fingerprint density at radius 3 is 2.58 bits per heavy atom. The maximum absolute atomic E-state index is 5.83. The highest BCUT2D eigenvalue weighted by molar-refractivity contribution is 4.87. The molecule has 0 aromatic heterocycles. The molecule has 0 bridgehead atoms. The van der Waals surface area contributed by atoms with Gasteiger partial charge in [0.1, 0.15) is 0 Å². The predicted molar refractivity (Wildman–Crippen MR) is 46.8 cm³/mol. The summed E-state index contributed by atoms with van der Waals surface area (Å²) >= 11 is 0. The molecule has 0 aromatic carbocycles. The zero-order chi connectivity index (χ0) is 8.77. The van der Waals surface area contributed by atoms with Crippen LogP contribution < -0.4 is 0 Å². The Bertz CT molecular complexity index is 159. The Balaban J connectivity index is 1.99. The van der Waals surface area contributed by atoms with Gasteiger partial charge in [0, 0.05) is 5.92 Å². The van der Waals surface area contributed by atoms with Gasteiger partial charge in [-0.15, -0.1) is 0 Å². The van der Waals surface area contributed by atoms with E-state index in [-0.39, 0.29) is 11.7 Å². The summed E-state index contributed by atoms with van der Waals surface area (Å²) in [6.45, 7) is 7.60. The molecule has 12 heavy (non-hydrogen) atoms. The highest BCUT2D eigenvalue weighted by atomic mass is 16.7. The summed E-state index contributed by atoms with van der Waals surface area (Å²) in [7, 11) is 0. The van der Waals surface area contributed by atoms with Crippen molar-refractivity contribution >= 4 is 0 Å². The molecule has 2 aliphatic heterocycles. The molecule has 0 spiro atoms. The second kappa shape index (κ2) is 2.71. The van der Waals surface area contributed by atoms with Gasteiger partial charge in [-0.2, -0.15) is 0 Å². The molecule has 3 atom stereocenters. The van der Waals surface area contributed by atoms with Gasteiger partial charge < -0.3 is 9.47 Å². The number of fused-ring (bicyclic) bond motifs is 1. The van der Waals surface area contributed by atoms with Gasteiger partial charge in [-0.05, 0) is 18.3 Å². The van der Waals surface area contributed by atoms with Gasteiger partial charge in [-0.1, -0.05) is 20.8 Å². The van der Waals surface area contributed by atoms with E-state index in [4.69, 9.17) is 9.47 Å². The first-order valence-corrected chi connectivity index (χ1v) is 4.84. The summed E-state index contributed by atoms with van der Waals surface area (Å²) in [6, 6.07) is 0. The molecule has 0 radical (unpaired) electrons. The summed E-state index contributed by atoms with van der Waals surface area (Å²) in [6.07, 6.45) is 2.90. The quantitative estimate of drug-likeness (QED) is 0.555. The second-order valence-electron chi connectivity index (χ2n) is 5.01. The first kappa shape index (κ1) is 8.52. The van der Waals surface area contributed by atoms with Crippen LogP contribution >= 0.6 is 0 Å². The molecular weight excluding hydrogens is 152 g/mol. The number of hydrogen-bond acceptors (Lipinski definition) is 2. The van der Waals surface area contributed by atoms with Crippen LogP contribution in [0.5, 0.6) is 0 Å². The van der Waals surface area contributed by atoms with Gasteiger partial charge in [0.15, 0.2) is 6.29 Å². The van der Waals surface area contributed by atoms with Crippen LogP contribution in [0.1, 0.15) is 33.6 Å². The maximum atomic E-state index is 5.83. The first-order chi connectivity index (χ1) is 5.57. The Kier molecular flexibility index (Phi) is 1.92. The van der Waals surface area contributed by atoms with E-state index in [1.165, 1.54) is 12.8 Å². The van der Waals surface area contributed by atoms with Gasteiger partial charge >= 0.3 is 0 Å². The van der Waals surface area contributed by atoms with Crippen LogP contribution in [0.4, 0.5) is 0 Å². The van der Waals surface area contributed by atoms with E-state index in [0.717, 1.165) is 6.61 Å². The summed E-state index contributed by atoms with van der Waals surface area (Å²) in [5.41, 5.74) is 0.272. The Hall–Kier alpha value is -0.0800. The molecule has 0 aromatic rings. The minimum absolute atomic E-state index is 0.120. The third-order valence-electron chi connectivity index (χ3n) is 2.94. The fourth-order valence-corrected chi connectivity index (χ4v) is 2.04. The Morgan fingerprint density at radius 1 is 1.25 bits per heavy atom. The Labute approximate surface area is 74.2 Å². The molecule has 2 nitrogen and oxygen atoms in total. The lowest BCUT2D eigenvalue weighted by molar-refractivity contribution is -0.138. The number of hydrogen-bond donors (Lipinski definition) is 0. The van der Waals surface area contributed by atoms with E-state index in [1.54, 1.807) is 0 Å². The molecule has 70 valence electrons. The lowest BCUT2D eigenvalue weighted by atomic mass is 9.85. The van der Waals surface area contributed by atoms with E-state index >= 15 is 0 Å². The molecule has 0 N–H and O–H groups in total. The summed E-state index contributed by atoms with van der Waals surface area (Å²) in [5, 5.41) is 0. The molecule has 0 amide bonds. The average Bonchev–Trinajstić information content (AvgIpc) is 2.37. The zero-order valence-electron chi connectivity index (χ0n) is 8.17. The van der Waals surface area contributed by atoms with E-state index in [9.17, 15) is 0 Å². The van der Waals surface area contributed by atoms with Crippen molar-refractivity contribution in [2.24, 2.45) is 11.3 Å². The topological polar surface area (TPSA) is 18.5 Å². The fraction of sp³-hybridized carbons (Fsp3) is 1.00. The normalized spacial score (nSPS) is 41.8. The van der Waals surface area contributed by atoms with Gasteiger partial charge in [0.05, 0.1) is 12.7 Å². The average molecular weight is 170 g/mol. The van der Waals surface area contributed by atoms with Crippen LogP contribution in [0.3, 0.4) is 0 Å². The van der Waals surface area contributed by atoms with Crippen LogP contribution in [0, 0.1) is 11.3 Å².